The maximum absolute atomic E-state index is 13.4. The summed E-state index contributed by atoms with van der Waals surface area (Å²) < 4.78 is 0. The molecule has 0 aromatic heterocycles. The summed E-state index contributed by atoms with van der Waals surface area (Å²) in [5, 5.41) is 3.38. The van der Waals surface area contributed by atoms with E-state index >= 15 is 0 Å². The highest BCUT2D eigenvalue weighted by molar-refractivity contribution is 5.83. The van der Waals surface area contributed by atoms with Gasteiger partial charge in [-0.1, -0.05) is 55.8 Å². The number of hydrogen-bond acceptors (Lipinski definition) is 2. The maximum Gasteiger partial charge on any atom is 0.226 e. The zero-order valence-electron chi connectivity index (χ0n) is 17.5. The minimum atomic E-state index is -0.292. The normalized spacial score (nSPS) is 38.7. The van der Waals surface area contributed by atoms with Gasteiger partial charge in [0.15, 0.2) is 0 Å². The van der Waals surface area contributed by atoms with Crippen LogP contribution in [0.5, 0.6) is 0 Å². The molecule has 1 amide bonds. The monoisotopic (exact) mass is 380 g/mol. The Kier molecular flexibility index (Phi) is 5.39. The van der Waals surface area contributed by atoms with Crippen LogP contribution in [0, 0.1) is 17.3 Å². The van der Waals surface area contributed by atoms with E-state index in [9.17, 15) is 4.79 Å². The number of nitrogens with one attached hydrogen (secondary N) is 1. The van der Waals surface area contributed by atoms with Crippen molar-refractivity contribution in [2.75, 3.05) is 6.54 Å². The van der Waals surface area contributed by atoms with Crippen molar-refractivity contribution in [3.63, 3.8) is 0 Å². The van der Waals surface area contributed by atoms with Crippen molar-refractivity contribution in [2.45, 2.75) is 76.7 Å². The van der Waals surface area contributed by atoms with Crippen LogP contribution >= 0.6 is 0 Å². The topological polar surface area (TPSA) is 55.1 Å². The molecule has 0 spiro atoms. The lowest BCUT2D eigenvalue weighted by molar-refractivity contribution is -0.136. The van der Waals surface area contributed by atoms with E-state index in [1.165, 1.54) is 24.8 Å². The molecule has 3 saturated carbocycles. The second kappa shape index (κ2) is 7.67. The number of rotatable bonds is 5. The number of fused-ring (bicyclic) bond motifs is 2. The SMILES string of the molecule is CC/C=C1\CCC2(c3ccccc3)CC1CC(C)(C(=O)N[C@H]1C[C@H](CN)C1)C2. The first-order chi connectivity index (χ1) is 13.5. The van der Waals surface area contributed by atoms with E-state index in [0.29, 0.717) is 17.9 Å². The first-order valence-electron chi connectivity index (χ1n) is 11.2. The van der Waals surface area contributed by atoms with E-state index in [-0.39, 0.29) is 16.7 Å². The molecular weight excluding hydrogens is 344 g/mol. The lowest BCUT2D eigenvalue weighted by Crippen LogP contribution is -2.55. The summed E-state index contributed by atoms with van der Waals surface area (Å²) in [5.74, 6) is 1.41. The molecule has 3 unspecified atom stereocenters. The fraction of sp³-hybridized carbons (Fsp3) is 0.640. The average molecular weight is 381 g/mol. The molecule has 3 fully saturated rings. The van der Waals surface area contributed by atoms with Crippen LogP contribution < -0.4 is 11.1 Å². The van der Waals surface area contributed by atoms with Crippen molar-refractivity contribution in [1.82, 2.24) is 5.32 Å². The average Bonchev–Trinajstić information content (AvgIpc) is 2.67. The first kappa shape index (κ1) is 19.7. The Hall–Kier alpha value is -1.61. The van der Waals surface area contributed by atoms with Crippen molar-refractivity contribution < 1.29 is 4.79 Å². The highest BCUT2D eigenvalue weighted by Crippen LogP contribution is 2.58. The number of nitrogens with two attached hydrogens (primary N) is 1. The van der Waals surface area contributed by atoms with Gasteiger partial charge in [-0.15, -0.1) is 0 Å². The minimum absolute atomic E-state index is 0.140. The van der Waals surface area contributed by atoms with E-state index in [0.717, 1.165) is 38.6 Å². The molecule has 1 aromatic rings. The molecule has 0 radical (unpaired) electrons. The van der Waals surface area contributed by atoms with Crippen LogP contribution in [-0.2, 0) is 10.2 Å². The summed E-state index contributed by atoms with van der Waals surface area (Å²) in [7, 11) is 0. The Morgan fingerprint density at radius 3 is 2.68 bits per heavy atom. The lowest BCUT2D eigenvalue weighted by atomic mass is 9.51. The molecule has 2 bridgehead atoms. The lowest BCUT2D eigenvalue weighted by Gasteiger charge is -2.54. The molecule has 1 aromatic carbocycles. The van der Waals surface area contributed by atoms with E-state index in [4.69, 9.17) is 5.73 Å². The molecule has 4 rings (SSSR count). The molecule has 3 nitrogen and oxygen atoms in total. The maximum atomic E-state index is 13.4. The summed E-state index contributed by atoms with van der Waals surface area (Å²) in [6, 6.07) is 11.3. The second-order valence-electron chi connectivity index (χ2n) is 9.92. The van der Waals surface area contributed by atoms with Crippen LogP contribution in [0.4, 0.5) is 0 Å². The van der Waals surface area contributed by atoms with Crippen molar-refractivity contribution in [2.24, 2.45) is 23.0 Å². The van der Waals surface area contributed by atoms with Crippen LogP contribution in [0.3, 0.4) is 0 Å². The van der Waals surface area contributed by atoms with E-state index in [1.807, 2.05) is 0 Å². The standard InChI is InChI=1S/C25H36N2O/c1-3-7-19-10-11-25(21-8-5-4-6-9-21)15-20(19)14-24(2,17-25)23(28)27-22-12-18(13-22)16-26/h4-9,18,20,22H,3,10-17,26H2,1-2H3,(H,27,28)/b19-7+/t18-,20?,22-,24?,25?. The zero-order valence-corrected chi connectivity index (χ0v) is 17.5. The van der Waals surface area contributed by atoms with Gasteiger partial charge in [-0.3, -0.25) is 4.79 Å². The molecule has 3 N–H and O–H groups in total. The van der Waals surface area contributed by atoms with E-state index in [1.54, 1.807) is 5.57 Å². The van der Waals surface area contributed by atoms with Crippen LogP contribution in [0.15, 0.2) is 42.0 Å². The molecule has 28 heavy (non-hydrogen) atoms. The van der Waals surface area contributed by atoms with Gasteiger partial charge in [-0.05, 0) is 80.7 Å². The Labute approximate surface area is 170 Å². The summed E-state index contributed by atoms with van der Waals surface area (Å²) in [6.07, 6.45) is 11.1. The van der Waals surface area contributed by atoms with Crippen LogP contribution in [0.2, 0.25) is 0 Å². The second-order valence-corrected chi connectivity index (χ2v) is 9.92. The van der Waals surface area contributed by atoms with Crippen molar-refractivity contribution >= 4 is 5.91 Å². The fourth-order valence-corrected chi connectivity index (χ4v) is 6.28. The Bertz CT molecular complexity index is 736. The Morgan fingerprint density at radius 1 is 1.25 bits per heavy atom. The van der Waals surface area contributed by atoms with Crippen LogP contribution in [0.25, 0.3) is 0 Å². The predicted octanol–water partition coefficient (Wildman–Crippen LogP) is 4.71. The van der Waals surface area contributed by atoms with Gasteiger partial charge in [-0.2, -0.15) is 0 Å². The Balaban J connectivity index is 1.59. The smallest absolute Gasteiger partial charge is 0.226 e. The largest absolute Gasteiger partial charge is 0.353 e. The fourth-order valence-electron chi connectivity index (χ4n) is 6.28. The summed E-state index contributed by atoms with van der Waals surface area (Å²) in [4.78, 5) is 13.4. The quantitative estimate of drug-likeness (QED) is 0.727. The summed E-state index contributed by atoms with van der Waals surface area (Å²) in [5.41, 5.74) is 8.64. The zero-order chi connectivity index (χ0) is 19.8. The third-order valence-electron chi connectivity index (χ3n) is 7.78. The highest BCUT2D eigenvalue weighted by atomic mass is 16.2. The molecule has 0 aliphatic heterocycles. The summed E-state index contributed by atoms with van der Waals surface area (Å²) in [6.45, 7) is 5.19. The van der Waals surface area contributed by atoms with Crippen LogP contribution in [-0.4, -0.2) is 18.5 Å². The van der Waals surface area contributed by atoms with Gasteiger partial charge in [0.1, 0.15) is 0 Å². The van der Waals surface area contributed by atoms with Crippen LogP contribution in [0.1, 0.15) is 70.8 Å². The number of carbonyl (C=O) groups excluding carboxylic acids is 1. The molecule has 3 heteroatoms. The molecule has 0 heterocycles. The van der Waals surface area contributed by atoms with Gasteiger partial charge in [0.05, 0.1) is 0 Å². The Morgan fingerprint density at radius 2 is 2.00 bits per heavy atom. The van der Waals surface area contributed by atoms with Crippen molar-refractivity contribution in [3.05, 3.63) is 47.5 Å². The van der Waals surface area contributed by atoms with E-state index < -0.39 is 0 Å². The minimum Gasteiger partial charge on any atom is -0.353 e. The van der Waals surface area contributed by atoms with E-state index in [2.05, 4.69) is 55.6 Å². The molecule has 0 saturated heterocycles. The van der Waals surface area contributed by atoms with Gasteiger partial charge < -0.3 is 11.1 Å². The molecule has 3 aliphatic carbocycles. The predicted molar refractivity (Wildman–Crippen MR) is 115 cm³/mol. The summed E-state index contributed by atoms with van der Waals surface area (Å²) >= 11 is 0. The third-order valence-corrected chi connectivity index (χ3v) is 7.78. The van der Waals surface area contributed by atoms with Gasteiger partial charge in [0.2, 0.25) is 5.91 Å². The van der Waals surface area contributed by atoms with Crippen molar-refractivity contribution in [3.8, 4) is 0 Å². The van der Waals surface area contributed by atoms with Gasteiger partial charge in [0, 0.05) is 11.5 Å². The number of hydrogen-bond donors (Lipinski definition) is 2. The molecule has 3 atom stereocenters. The molecule has 152 valence electrons. The number of allylic oxidation sites excluding steroid dienone is 2. The molecular formula is C25H36N2O. The number of benzene rings is 1. The third kappa shape index (κ3) is 3.54. The molecule has 3 aliphatic rings. The number of amides is 1. The van der Waals surface area contributed by atoms with Gasteiger partial charge >= 0.3 is 0 Å². The first-order valence-corrected chi connectivity index (χ1v) is 11.2. The van der Waals surface area contributed by atoms with Gasteiger partial charge in [0.25, 0.3) is 0 Å². The van der Waals surface area contributed by atoms with Gasteiger partial charge in [-0.25, -0.2) is 0 Å². The number of carbonyl (C=O) groups is 1. The van der Waals surface area contributed by atoms with Crippen molar-refractivity contribution in [1.29, 1.82) is 0 Å². The highest BCUT2D eigenvalue weighted by Gasteiger charge is 2.53.